The summed E-state index contributed by atoms with van der Waals surface area (Å²) in [7, 11) is 1.71. The number of quaternary nitrogens is 1. The van der Waals surface area contributed by atoms with E-state index in [9.17, 15) is 5.11 Å². The van der Waals surface area contributed by atoms with Crippen molar-refractivity contribution in [2.24, 2.45) is 0 Å². The van der Waals surface area contributed by atoms with E-state index >= 15 is 0 Å². The van der Waals surface area contributed by atoms with E-state index in [1.165, 1.54) is 0 Å². The molecular weight excluding hydrogens is 314 g/mol. The van der Waals surface area contributed by atoms with Crippen molar-refractivity contribution in [2.45, 2.75) is 12.2 Å². The summed E-state index contributed by atoms with van der Waals surface area (Å²) in [4.78, 5) is 0. The number of ether oxygens (including phenoxy) is 2. The van der Waals surface area contributed by atoms with Gasteiger partial charge in [-0.2, -0.15) is 0 Å². The van der Waals surface area contributed by atoms with Crippen LogP contribution in [0.1, 0.15) is 11.7 Å². The number of hydrogen-bond acceptors (Lipinski definition) is 3. The summed E-state index contributed by atoms with van der Waals surface area (Å²) in [5, 5.41) is 12.0. The van der Waals surface area contributed by atoms with Gasteiger partial charge in [-0.05, 0) is 17.7 Å². The van der Waals surface area contributed by atoms with Crippen molar-refractivity contribution in [3.05, 3.63) is 66.2 Å². The summed E-state index contributed by atoms with van der Waals surface area (Å²) >= 11 is 0. The van der Waals surface area contributed by atoms with Crippen molar-refractivity contribution in [3.8, 4) is 5.75 Å². The van der Waals surface area contributed by atoms with Crippen LogP contribution in [-0.4, -0.2) is 38.0 Å². The molecule has 2 aromatic carbocycles. The second kappa shape index (κ2) is 11.0. The Balaban J connectivity index is 0.00000264. The average molecular weight is 338 g/mol. The molecular formula is C18H24ClNO3. The maximum absolute atomic E-state index is 9.97. The van der Waals surface area contributed by atoms with Gasteiger partial charge < -0.3 is 32.3 Å². The first kappa shape index (κ1) is 19.5. The molecule has 0 aliphatic carbocycles. The van der Waals surface area contributed by atoms with E-state index < -0.39 is 6.10 Å². The lowest BCUT2D eigenvalue weighted by atomic mass is 10.1. The van der Waals surface area contributed by atoms with Crippen LogP contribution < -0.4 is 22.5 Å². The predicted molar refractivity (Wildman–Crippen MR) is 85.8 cm³/mol. The highest BCUT2D eigenvalue weighted by atomic mass is 35.5. The second-order valence-corrected chi connectivity index (χ2v) is 5.17. The average Bonchev–Trinajstić information content (AvgIpc) is 2.58. The Morgan fingerprint density at radius 3 is 2.17 bits per heavy atom. The molecule has 2 rings (SSSR count). The summed E-state index contributed by atoms with van der Waals surface area (Å²) in [6, 6.07) is 19.6. The molecule has 0 spiro atoms. The van der Waals surface area contributed by atoms with Crippen molar-refractivity contribution in [3.63, 3.8) is 0 Å². The fourth-order valence-corrected chi connectivity index (χ4v) is 2.25. The Labute approximate surface area is 143 Å². The Morgan fingerprint density at radius 1 is 0.957 bits per heavy atom. The third-order valence-corrected chi connectivity index (χ3v) is 3.46. The van der Waals surface area contributed by atoms with Crippen LogP contribution in [0.3, 0.4) is 0 Å². The SMILES string of the molecule is COC(C[NH2+]CC(O)COc1ccccc1)c1ccccc1.[Cl-]. The number of hydrogen-bond donors (Lipinski definition) is 2. The Morgan fingerprint density at radius 2 is 1.57 bits per heavy atom. The van der Waals surface area contributed by atoms with Crippen molar-refractivity contribution in [1.82, 2.24) is 0 Å². The fourth-order valence-electron chi connectivity index (χ4n) is 2.25. The van der Waals surface area contributed by atoms with E-state index in [2.05, 4.69) is 17.4 Å². The zero-order valence-electron chi connectivity index (χ0n) is 13.3. The van der Waals surface area contributed by atoms with Gasteiger partial charge in [0.25, 0.3) is 0 Å². The minimum Gasteiger partial charge on any atom is -1.00 e. The van der Waals surface area contributed by atoms with Crippen molar-refractivity contribution < 1.29 is 32.3 Å². The summed E-state index contributed by atoms with van der Waals surface area (Å²) in [5.74, 6) is 0.778. The van der Waals surface area contributed by atoms with Crippen molar-refractivity contribution >= 4 is 0 Å². The molecule has 23 heavy (non-hydrogen) atoms. The van der Waals surface area contributed by atoms with Crippen LogP contribution in [0.5, 0.6) is 5.75 Å². The van der Waals surface area contributed by atoms with Gasteiger partial charge in [-0.25, -0.2) is 0 Å². The minimum atomic E-state index is -0.506. The number of halogens is 1. The molecule has 0 amide bonds. The van der Waals surface area contributed by atoms with Crippen LogP contribution in [0.4, 0.5) is 0 Å². The van der Waals surface area contributed by atoms with E-state index in [1.807, 2.05) is 48.5 Å². The molecule has 0 saturated heterocycles. The zero-order valence-corrected chi connectivity index (χ0v) is 14.0. The summed E-state index contributed by atoms with van der Waals surface area (Å²) < 4.78 is 11.0. The highest BCUT2D eigenvalue weighted by Gasteiger charge is 2.14. The molecule has 0 fully saturated rings. The molecule has 0 aliphatic heterocycles. The van der Waals surface area contributed by atoms with Gasteiger partial charge in [0, 0.05) is 7.11 Å². The zero-order chi connectivity index (χ0) is 15.6. The first-order valence-electron chi connectivity index (χ1n) is 7.55. The number of aliphatic hydroxyl groups excluding tert-OH is 1. The standard InChI is InChI=1S/C18H23NO3.ClH/c1-21-18(15-8-4-2-5-9-15)13-19-12-16(20)14-22-17-10-6-3-7-11-17;/h2-11,16,18-20H,12-14H2,1H3;1H. The van der Waals surface area contributed by atoms with Crippen molar-refractivity contribution in [1.29, 1.82) is 0 Å². The van der Waals surface area contributed by atoms with E-state index in [4.69, 9.17) is 9.47 Å². The van der Waals surface area contributed by atoms with E-state index in [1.54, 1.807) is 7.11 Å². The van der Waals surface area contributed by atoms with Gasteiger partial charge in [-0.15, -0.1) is 0 Å². The summed E-state index contributed by atoms with van der Waals surface area (Å²) in [6.45, 7) is 1.64. The lowest BCUT2D eigenvalue weighted by Crippen LogP contribution is -3.00. The normalized spacial score (nSPS) is 13.0. The monoisotopic (exact) mass is 337 g/mol. The third kappa shape index (κ3) is 7.01. The lowest BCUT2D eigenvalue weighted by Gasteiger charge is -2.16. The summed E-state index contributed by atoms with van der Waals surface area (Å²) in [6.07, 6.45) is -0.475. The van der Waals surface area contributed by atoms with Crippen LogP contribution in [0, 0.1) is 0 Å². The molecule has 2 atom stereocenters. The first-order chi connectivity index (χ1) is 10.8. The smallest absolute Gasteiger partial charge is 0.137 e. The Hall–Kier alpha value is -1.59. The van der Waals surface area contributed by atoms with Crippen molar-refractivity contribution in [2.75, 3.05) is 26.8 Å². The molecule has 0 radical (unpaired) electrons. The highest BCUT2D eigenvalue weighted by Crippen LogP contribution is 2.13. The number of aliphatic hydroxyl groups is 1. The third-order valence-electron chi connectivity index (χ3n) is 3.46. The topological polar surface area (TPSA) is 55.3 Å². The van der Waals surface area contributed by atoms with E-state index in [-0.39, 0.29) is 18.5 Å². The highest BCUT2D eigenvalue weighted by molar-refractivity contribution is 5.21. The van der Waals surface area contributed by atoms with Crippen LogP contribution in [-0.2, 0) is 4.74 Å². The molecule has 0 aliphatic rings. The largest absolute Gasteiger partial charge is 1.00 e. The van der Waals surface area contributed by atoms with Gasteiger partial charge in [-0.3, -0.25) is 0 Å². The number of para-hydroxylation sites is 1. The number of nitrogens with two attached hydrogens (primary N) is 1. The molecule has 4 nitrogen and oxygen atoms in total. The van der Waals surface area contributed by atoms with E-state index in [0.29, 0.717) is 13.2 Å². The predicted octanol–water partition coefficient (Wildman–Crippen LogP) is -1.62. The Kier molecular flexibility index (Phi) is 9.33. The molecule has 0 aromatic heterocycles. The lowest BCUT2D eigenvalue weighted by molar-refractivity contribution is -0.668. The maximum Gasteiger partial charge on any atom is 0.137 e. The van der Waals surface area contributed by atoms with Gasteiger partial charge >= 0.3 is 0 Å². The number of benzene rings is 2. The van der Waals surface area contributed by atoms with Crippen LogP contribution >= 0.6 is 0 Å². The molecule has 0 bridgehead atoms. The van der Waals surface area contributed by atoms with Gasteiger partial charge in [0.1, 0.15) is 37.7 Å². The molecule has 0 heterocycles. The van der Waals surface area contributed by atoms with Crippen LogP contribution in [0.15, 0.2) is 60.7 Å². The minimum absolute atomic E-state index is 0. The molecule has 126 valence electrons. The van der Waals surface area contributed by atoms with Gasteiger partial charge in [-0.1, -0.05) is 48.5 Å². The summed E-state index contributed by atoms with van der Waals surface area (Å²) in [5.41, 5.74) is 1.15. The first-order valence-corrected chi connectivity index (χ1v) is 7.55. The van der Waals surface area contributed by atoms with E-state index in [0.717, 1.165) is 17.9 Å². The second-order valence-electron chi connectivity index (χ2n) is 5.17. The van der Waals surface area contributed by atoms with Crippen LogP contribution in [0.25, 0.3) is 0 Å². The Bertz CT molecular complexity index is 524. The number of methoxy groups -OCH3 is 1. The molecule has 2 aromatic rings. The van der Waals surface area contributed by atoms with Gasteiger partial charge in [0.05, 0.1) is 0 Å². The molecule has 3 N–H and O–H groups in total. The maximum atomic E-state index is 9.97. The quantitative estimate of drug-likeness (QED) is 0.578. The van der Waals surface area contributed by atoms with Gasteiger partial charge in [0.2, 0.25) is 0 Å². The van der Waals surface area contributed by atoms with Gasteiger partial charge in [0.15, 0.2) is 0 Å². The molecule has 2 unspecified atom stereocenters. The molecule has 5 heteroatoms. The fraction of sp³-hybridized carbons (Fsp3) is 0.333. The number of rotatable bonds is 9. The van der Waals surface area contributed by atoms with Crippen LogP contribution in [0.2, 0.25) is 0 Å². The molecule has 0 saturated carbocycles.